The average molecular weight is 1300 g/mol. The van der Waals surface area contributed by atoms with Crippen molar-refractivity contribution in [2.75, 3.05) is 85.8 Å². The number of nitrogens with zero attached hydrogens (tertiary/aromatic N) is 3. The molecule has 4 aromatic carbocycles. The Kier molecular flexibility index (Phi) is 34.1. The van der Waals surface area contributed by atoms with E-state index in [1.807, 2.05) is 73.3 Å². The second kappa shape index (κ2) is 39.3. The normalized spacial score (nSPS) is 22.1. The highest BCUT2D eigenvalue weighted by atomic mass is 79.9. The van der Waals surface area contributed by atoms with E-state index in [0.717, 1.165) is 102 Å². The van der Waals surface area contributed by atoms with E-state index in [2.05, 4.69) is 67.9 Å². The molecular formula is C69H104BrClN4O12. The van der Waals surface area contributed by atoms with Gasteiger partial charge in [-0.05, 0) is 196 Å². The monoisotopic (exact) mass is 1290 g/mol. The molecule has 4 aliphatic heterocycles. The van der Waals surface area contributed by atoms with Gasteiger partial charge in [-0.1, -0.05) is 102 Å². The summed E-state index contributed by atoms with van der Waals surface area (Å²) >= 11 is 4.72. The van der Waals surface area contributed by atoms with Crippen LogP contribution in [0.25, 0.3) is 0 Å². The summed E-state index contributed by atoms with van der Waals surface area (Å²) in [5.41, 5.74) is 4.19. The number of aromatic hydroxyl groups is 3. The Labute approximate surface area is 535 Å². The van der Waals surface area contributed by atoms with Crippen LogP contribution in [0.3, 0.4) is 0 Å². The van der Waals surface area contributed by atoms with Gasteiger partial charge in [-0.2, -0.15) is 0 Å². The molecule has 0 aliphatic carbocycles. The Bertz CT molecular complexity index is 2660. The standard InChI is InChI=1S/C20H29NO5.C17H25NO3.C15H23NO.C14H21NO.C3H5ClO2.BrH/c1-4-20(12-7-8-13-21(15-20)18(22)24-5-2)16-10-9-11-17(14-16)26-19(23)25-6-3;1-3-17(14-8-7-9-15(19)12-14)10-5-6-11-18(13-17)16(20)21-4-2;1-3-15(9-4-5-10-16(2)12-15)13-7-6-8-14(17)11-13;1-2-14(8-3-4-9-15-11-14)12-6-5-7-13(16)10-12;1-2-6-3(4)5;/h9-11,14H,4-8,12-13,15H2,1-3H3;7-9,12,19H,3-6,10-11,13H2,1-2H3;6-8,11,17H,3-5,9-10,12H2,1-2H3;5-7,10,15-16H,2-4,8-9,11H2,1H3;2H2,1H3;1H. The van der Waals surface area contributed by atoms with Crippen LogP contribution >= 0.6 is 28.6 Å². The van der Waals surface area contributed by atoms with Crippen LogP contribution in [0.4, 0.5) is 19.2 Å². The molecule has 0 spiro atoms. The van der Waals surface area contributed by atoms with Crippen molar-refractivity contribution in [3.05, 3.63) is 119 Å². The topological polar surface area (TPSA) is 197 Å². The first-order valence-corrected chi connectivity index (χ1v) is 32.1. The maximum Gasteiger partial charge on any atom is 0.513 e. The van der Waals surface area contributed by atoms with Gasteiger partial charge in [-0.3, -0.25) is 0 Å². The van der Waals surface area contributed by atoms with Gasteiger partial charge in [0, 0.05) is 72.5 Å². The first kappa shape index (κ1) is 75.5. The zero-order valence-electron chi connectivity index (χ0n) is 53.7. The van der Waals surface area contributed by atoms with Gasteiger partial charge in [0.15, 0.2) is 0 Å². The van der Waals surface area contributed by atoms with Gasteiger partial charge in [0.2, 0.25) is 0 Å². The number of phenolic OH excluding ortho intramolecular Hbond substituents is 3. The maximum atomic E-state index is 12.3. The molecule has 4 aromatic rings. The largest absolute Gasteiger partial charge is 0.513 e. The van der Waals surface area contributed by atoms with Gasteiger partial charge in [0.05, 0.1) is 26.4 Å². The summed E-state index contributed by atoms with van der Waals surface area (Å²) < 4.78 is 24.7. The third-order valence-corrected chi connectivity index (χ3v) is 17.8. The smallest absolute Gasteiger partial charge is 0.508 e. The Morgan fingerprint density at radius 3 is 1.26 bits per heavy atom. The molecule has 4 atom stereocenters. The second-order valence-corrected chi connectivity index (χ2v) is 23.5. The fraction of sp³-hybridized carbons (Fsp3) is 0.594. The molecule has 4 heterocycles. The summed E-state index contributed by atoms with van der Waals surface area (Å²) in [6.45, 7) is 24.5. The number of rotatable bonds is 13. The molecule has 4 aliphatic rings. The summed E-state index contributed by atoms with van der Waals surface area (Å²) in [4.78, 5) is 51.6. The minimum Gasteiger partial charge on any atom is -0.508 e. The van der Waals surface area contributed by atoms with Gasteiger partial charge < -0.3 is 59.0 Å². The van der Waals surface area contributed by atoms with Crippen molar-refractivity contribution in [3.8, 4) is 23.0 Å². The summed E-state index contributed by atoms with van der Waals surface area (Å²) in [5.74, 6) is 1.52. The van der Waals surface area contributed by atoms with Crippen LogP contribution in [-0.2, 0) is 40.6 Å². The average Bonchev–Trinajstić information content (AvgIpc) is 3.03. The van der Waals surface area contributed by atoms with E-state index in [1.165, 1.54) is 56.2 Å². The van der Waals surface area contributed by atoms with Crippen molar-refractivity contribution in [1.29, 1.82) is 0 Å². The van der Waals surface area contributed by atoms with Crippen LogP contribution < -0.4 is 10.1 Å². The van der Waals surface area contributed by atoms with Crippen LogP contribution in [-0.4, -0.2) is 140 Å². The number of ether oxygens (including phenoxy) is 5. The van der Waals surface area contributed by atoms with Crippen LogP contribution in [0.5, 0.6) is 23.0 Å². The van der Waals surface area contributed by atoms with Gasteiger partial charge in [0.1, 0.15) is 23.0 Å². The summed E-state index contributed by atoms with van der Waals surface area (Å²) in [5, 5.41) is 32.6. The third-order valence-electron chi connectivity index (χ3n) is 17.7. The number of carbonyl (C=O) groups is 4. The first-order valence-electron chi connectivity index (χ1n) is 31.7. The van der Waals surface area contributed by atoms with E-state index in [-0.39, 0.29) is 63.2 Å². The predicted molar refractivity (Wildman–Crippen MR) is 352 cm³/mol. The number of carbonyl (C=O) groups excluding carboxylic acids is 4. The number of phenols is 3. The zero-order chi connectivity index (χ0) is 63.0. The molecule has 4 saturated heterocycles. The molecule has 0 bridgehead atoms. The molecule has 0 aromatic heterocycles. The summed E-state index contributed by atoms with van der Waals surface area (Å²) in [6, 6.07) is 30.6. The van der Waals surface area contributed by atoms with Crippen LogP contribution in [0, 0.1) is 0 Å². The van der Waals surface area contributed by atoms with Gasteiger partial charge in [-0.15, -0.1) is 17.0 Å². The lowest BCUT2D eigenvalue weighted by molar-refractivity contribution is 0.0988. The Morgan fingerprint density at radius 1 is 0.483 bits per heavy atom. The first-order chi connectivity index (χ1) is 41.3. The number of hydrogen-bond donors (Lipinski definition) is 4. The number of nitrogens with one attached hydrogen (secondary N) is 1. The van der Waals surface area contributed by atoms with Crippen LogP contribution in [0.1, 0.15) is 180 Å². The van der Waals surface area contributed by atoms with Crippen molar-refractivity contribution in [1.82, 2.24) is 20.0 Å². The van der Waals surface area contributed by atoms with Crippen molar-refractivity contribution in [3.63, 3.8) is 0 Å². The molecule has 2 amide bonds. The number of benzene rings is 4. The van der Waals surface area contributed by atoms with Crippen molar-refractivity contribution in [2.45, 2.75) is 180 Å². The maximum absolute atomic E-state index is 12.3. The number of halogens is 2. The zero-order valence-corrected chi connectivity index (χ0v) is 56.1. The highest BCUT2D eigenvalue weighted by Crippen LogP contribution is 2.41. The lowest BCUT2D eigenvalue weighted by Gasteiger charge is -2.36. The van der Waals surface area contributed by atoms with E-state index < -0.39 is 11.6 Å². The highest BCUT2D eigenvalue weighted by molar-refractivity contribution is 8.93. The molecular weight excluding hydrogens is 1190 g/mol. The van der Waals surface area contributed by atoms with E-state index >= 15 is 0 Å². The highest BCUT2D eigenvalue weighted by Gasteiger charge is 2.39. The molecule has 4 fully saturated rings. The Hall–Kier alpha value is -5.75. The van der Waals surface area contributed by atoms with Gasteiger partial charge in [-0.25, -0.2) is 19.2 Å². The lowest BCUT2D eigenvalue weighted by atomic mass is 9.74. The molecule has 18 heteroatoms. The number of amides is 2. The van der Waals surface area contributed by atoms with E-state index in [1.54, 1.807) is 43.0 Å². The van der Waals surface area contributed by atoms with E-state index in [0.29, 0.717) is 56.7 Å². The second-order valence-electron chi connectivity index (χ2n) is 23.2. The molecule has 87 heavy (non-hydrogen) atoms. The number of likely N-dealkylation sites (tertiary alicyclic amines) is 3. The number of hydrogen-bond acceptors (Lipinski definition) is 14. The predicted octanol–water partition coefficient (Wildman–Crippen LogP) is 16.1. The SMILES string of the molecule is Br.CCC1(c2cccc(O)c2)CCCCN(C)C1.CCC1(c2cccc(O)c2)CCCCNC1.CCOC(=O)Cl.CCOC(=O)N1CCCCC(CC)(c2cccc(O)c2)C1.CCOC(=O)Oc1cccc(C2(CC)CCCCN(C(=O)OCC)C2)c1. The van der Waals surface area contributed by atoms with Crippen LogP contribution in [0.2, 0.25) is 0 Å². The Balaban J connectivity index is 0.000000297. The fourth-order valence-electron chi connectivity index (χ4n) is 12.7. The third kappa shape index (κ3) is 23.6. The molecule has 8 rings (SSSR count). The molecule has 486 valence electrons. The molecule has 4 N–H and O–H groups in total. The molecule has 4 unspecified atom stereocenters. The number of likely N-dealkylation sites (N-methyl/N-ethyl adjacent to an activating group) is 1. The summed E-state index contributed by atoms with van der Waals surface area (Å²) in [7, 11) is 2.21. The van der Waals surface area contributed by atoms with Gasteiger partial charge >= 0.3 is 23.8 Å². The lowest BCUT2D eigenvalue weighted by Crippen LogP contribution is -2.42. The molecule has 16 nitrogen and oxygen atoms in total. The van der Waals surface area contributed by atoms with Crippen molar-refractivity contribution in [2.24, 2.45) is 0 Å². The summed E-state index contributed by atoms with van der Waals surface area (Å²) in [6.07, 6.45) is 16.5. The minimum absolute atomic E-state index is 0. The minimum atomic E-state index is -0.738. The van der Waals surface area contributed by atoms with Crippen LogP contribution in [0.15, 0.2) is 97.1 Å². The van der Waals surface area contributed by atoms with Crippen molar-refractivity contribution >= 4 is 52.4 Å². The molecule has 0 radical (unpaired) electrons. The molecule has 0 saturated carbocycles. The fourth-order valence-corrected chi connectivity index (χ4v) is 12.8. The quantitative estimate of drug-likeness (QED) is 0.0427. The van der Waals surface area contributed by atoms with E-state index in [9.17, 15) is 34.5 Å². The van der Waals surface area contributed by atoms with Crippen molar-refractivity contribution < 1.29 is 58.2 Å². The van der Waals surface area contributed by atoms with Gasteiger partial charge in [0.25, 0.3) is 0 Å². The van der Waals surface area contributed by atoms with E-state index in [4.69, 9.17) is 30.5 Å². The Morgan fingerprint density at radius 2 is 0.862 bits per heavy atom.